The zero-order chi connectivity index (χ0) is 11.3. The molecule has 0 aliphatic heterocycles. The smallest absolute Gasteiger partial charge is 0.224 e. The van der Waals surface area contributed by atoms with Gasteiger partial charge in [-0.05, 0) is 18.5 Å². The van der Waals surface area contributed by atoms with Crippen molar-refractivity contribution in [3.8, 4) is 0 Å². The highest BCUT2D eigenvalue weighted by atomic mass is 35.5. The molecule has 0 saturated carbocycles. The Hall–Kier alpha value is -0.680. The summed E-state index contributed by atoms with van der Waals surface area (Å²) in [4.78, 5) is 7.95. The molecule has 84 valence electrons. The number of nitrogens with one attached hydrogen (secondary N) is 1. The Morgan fingerprint density at radius 3 is 2.87 bits per heavy atom. The highest BCUT2D eigenvalue weighted by molar-refractivity contribution is 7.84. The number of hydrogen-bond acceptors (Lipinski definition) is 4. The van der Waals surface area contributed by atoms with Gasteiger partial charge in [0.25, 0.3) is 0 Å². The third-order valence-electron chi connectivity index (χ3n) is 1.78. The lowest BCUT2D eigenvalue weighted by Gasteiger charge is -2.05. The first-order valence-electron chi connectivity index (χ1n) is 4.72. The van der Waals surface area contributed by atoms with Gasteiger partial charge in [-0.25, -0.2) is 9.97 Å². The van der Waals surface area contributed by atoms with Crippen LogP contribution in [0.4, 0.5) is 5.82 Å². The monoisotopic (exact) mass is 247 g/mol. The van der Waals surface area contributed by atoms with Crippen LogP contribution in [-0.4, -0.2) is 32.2 Å². The minimum absolute atomic E-state index is 0.231. The Morgan fingerprint density at radius 1 is 1.53 bits per heavy atom. The molecule has 0 spiro atoms. The molecule has 1 rings (SSSR count). The van der Waals surface area contributed by atoms with Gasteiger partial charge < -0.3 is 5.32 Å². The van der Waals surface area contributed by atoms with Crippen molar-refractivity contribution in [1.82, 2.24) is 9.97 Å². The average Bonchev–Trinajstić information content (AvgIpc) is 2.16. The minimum Gasteiger partial charge on any atom is -0.369 e. The largest absolute Gasteiger partial charge is 0.369 e. The van der Waals surface area contributed by atoms with E-state index in [0.29, 0.717) is 23.9 Å². The second kappa shape index (κ2) is 6.02. The van der Waals surface area contributed by atoms with Gasteiger partial charge in [-0.3, -0.25) is 4.21 Å². The molecule has 1 aromatic heterocycles. The van der Waals surface area contributed by atoms with E-state index in [1.54, 1.807) is 6.07 Å². The lowest BCUT2D eigenvalue weighted by molar-refractivity contribution is 0.684. The van der Waals surface area contributed by atoms with E-state index in [0.717, 1.165) is 5.69 Å². The summed E-state index contributed by atoms with van der Waals surface area (Å²) in [7, 11) is -0.750. The third kappa shape index (κ3) is 4.57. The van der Waals surface area contributed by atoms with Gasteiger partial charge in [0.1, 0.15) is 5.82 Å². The van der Waals surface area contributed by atoms with Gasteiger partial charge in [-0.2, -0.15) is 0 Å². The van der Waals surface area contributed by atoms with Gasteiger partial charge in [-0.15, -0.1) is 0 Å². The standard InChI is InChI=1S/C9H14ClN3OS/c1-3-15(14)5-4-11-8-6-7(2)12-9(10)13-8/h6H,3-5H2,1-2H3,(H,11,12,13). The summed E-state index contributed by atoms with van der Waals surface area (Å²) >= 11 is 5.70. The molecule has 0 radical (unpaired) electrons. The van der Waals surface area contributed by atoms with Crippen LogP contribution in [0.5, 0.6) is 0 Å². The molecule has 4 nitrogen and oxygen atoms in total. The van der Waals surface area contributed by atoms with E-state index in [4.69, 9.17) is 11.6 Å². The molecule has 1 unspecified atom stereocenters. The maximum Gasteiger partial charge on any atom is 0.224 e. The molecule has 0 aliphatic rings. The van der Waals surface area contributed by atoms with Crippen LogP contribution < -0.4 is 5.32 Å². The lowest BCUT2D eigenvalue weighted by atomic mass is 10.4. The summed E-state index contributed by atoms with van der Waals surface area (Å²) in [5.41, 5.74) is 0.814. The van der Waals surface area contributed by atoms with E-state index in [1.807, 2.05) is 13.8 Å². The lowest BCUT2D eigenvalue weighted by Crippen LogP contribution is -2.13. The number of nitrogens with zero attached hydrogens (tertiary/aromatic N) is 2. The molecule has 0 fully saturated rings. The summed E-state index contributed by atoms with van der Waals surface area (Å²) in [5.74, 6) is 1.99. The second-order valence-electron chi connectivity index (χ2n) is 3.02. The Kier molecular flexibility index (Phi) is 4.98. The van der Waals surface area contributed by atoms with E-state index in [1.165, 1.54) is 0 Å². The van der Waals surface area contributed by atoms with E-state index >= 15 is 0 Å². The number of rotatable bonds is 5. The summed E-state index contributed by atoms with van der Waals surface area (Å²) < 4.78 is 11.1. The Balaban J connectivity index is 2.47. The van der Waals surface area contributed by atoms with Crippen LogP contribution in [0.3, 0.4) is 0 Å². The summed E-state index contributed by atoms with van der Waals surface area (Å²) in [6.07, 6.45) is 0. The molecule has 1 aromatic rings. The molecule has 15 heavy (non-hydrogen) atoms. The zero-order valence-corrected chi connectivity index (χ0v) is 10.4. The van der Waals surface area contributed by atoms with Crippen LogP contribution in [0.1, 0.15) is 12.6 Å². The van der Waals surface area contributed by atoms with Crippen molar-refractivity contribution in [1.29, 1.82) is 0 Å². The predicted molar refractivity (Wildman–Crippen MR) is 63.8 cm³/mol. The third-order valence-corrected chi connectivity index (χ3v) is 3.26. The van der Waals surface area contributed by atoms with Gasteiger partial charge in [-0.1, -0.05) is 6.92 Å². The average molecular weight is 248 g/mol. The summed E-state index contributed by atoms with van der Waals surface area (Å²) in [6, 6.07) is 1.81. The van der Waals surface area contributed by atoms with Gasteiger partial charge in [0.2, 0.25) is 5.28 Å². The van der Waals surface area contributed by atoms with Crippen LogP contribution in [-0.2, 0) is 10.8 Å². The number of anilines is 1. The zero-order valence-electron chi connectivity index (χ0n) is 8.79. The number of aromatic nitrogens is 2. The summed E-state index contributed by atoms with van der Waals surface area (Å²) in [6.45, 7) is 4.39. The van der Waals surface area contributed by atoms with Crippen molar-refractivity contribution in [2.75, 3.05) is 23.4 Å². The van der Waals surface area contributed by atoms with E-state index < -0.39 is 10.8 Å². The molecule has 1 heterocycles. The fraction of sp³-hybridized carbons (Fsp3) is 0.556. The fourth-order valence-electron chi connectivity index (χ4n) is 1.06. The van der Waals surface area contributed by atoms with Crippen molar-refractivity contribution in [2.24, 2.45) is 0 Å². The van der Waals surface area contributed by atoms with E-state index in [2.05, 4.69) is 15.3 Å². The van der Waals surface area contributed by atoms with Crippen LogP contribution in [0.15, 0.2) is 6.07 Å². The maximum absolute atomic E-state index is 11.1. The van der Waals surface area contributed by atoms with Gasteiger partial charge in [0, 0.05) is 40.6 Å². The van der Waals surface area contributed by atoms with Gasteiger partial charge in [0.05, 0.1) is 0 Å². The number of aryl methyl sites for hydroxylation is 1. The molecule has 0 aromatic carbocycles. The maximum atomic E-state index is 11.1. The molecule has 1 N–H and O–H groups in total. The first-order chi connectivity index (χ1) is 7.11. The second-order valence-corrected chi connectivity index (χ2v) is 5.23. The molecular weight excluding hydrogens is 234 g/mol. The first-order valence-corrected chi connectivity index (χ1v) is 6.58. The van der Waals surface area contributed by atoms with Gasteiger partial charge in [0.15, 0.2) is 0 Å². The van der Waals surface area contributed by atoms with Crippen LogP contribution in [0.25, 0.3) is 0 Å². The molecular formula is C9H14ClN3OS. The number of halogens is 1. The van der Waals surface area contributed by atoms with Crippen molar-refractivity contribution >= 4 is 28.2 Å². The Bertz CT molecular complexity index is 339. The molecule has 0 aliphatic carbocycles. The topological polar surface area (TPSA) is 54.9 Å². The Morgan fingerprint density at radius 2 is 2.27 bits per heavy atom. The quantitative estimate of drug-likeness (QED) is 0.804. The molecule has 0 bridgehead atoms. The van der Waals surface area contributed by atoms with Crippen LogP contribution in [0, 0.1) is 6.92 Å². The normalized spacial score (nSPS) is 12.5. The first kappa shape index (κ1) is 12.4. The Labute approximate surface area is 96.9 Å². The number of hydrogen-bond donors (Lipinski definition) is 1. The fourth-order valence-corrected chi connectivity index (χ4v) is 1.90. The van der Waals surface area contributed by atoms with E-state index in [9.17, 15) is 4.21 Å². The molecule has 1 atom stereocenters. The predicted octanol–water partition coefficient (Wildman–Crippen LogP) is 1.62. The highest BCUT2D eigenvalue weighted by Gasteiger charge is 2.00. The van der Waals surface area contributed by atoms with Crippen LogP contribution in [0.2, 0.25) is 5.28 Å². The minimum atomic E-state index is -0.750. The van der Waals surface area contributed by atoms with Crippen molar-refractivity contribution in [2.45, 2.75) is 13.8 Å². The summed E-state index contributed by atoms with van der Waals surface area (Å²) in [5, 5.41) is 3.29. The van der Waals surface area contributed by atoms with Gasteiger partial charge >= 0.3 is 0 Å². The van der Waals surface area contributed by atoms with E-state index in [-0.39, 0.29) is 5.28 Å². The molecule has 0 amide bonds. The van der Waals surface area contributed by atoms with Crippen LogP contribution >= 0.6 is 11.6 Å². The molecule has 0 saturated heterocycles. The molecule has 6 heteroatoms. The van der Waals surface area contributed by atoms with Crippen molar-refractivity contribution in [3.63, 3.8) is 0 Å². The van der Waals surface area contributed by atoms with Crippen molar-refractivity contribution in [3.05, 3.63) is 17.0 Å². The SMILES string of the molecule is CCS(=O)CCNc1cc(C)nc(Cl)n1. The highest BCUT2D eigenvalue weighted by Crippen LogP contribution is 2.09. The van der Waals surface area contributed by atoms with Crippen molar-refractivity contribution < 1.29 is 4.21 Å².